The minimum atomic E-state index is 0.324. The third-order valence-electron chi connectivity index (χ3n) is 5.15. The number of methoxy groups -OCH3 is 1. The van der Waals surface area contributed by atoms with Gasteiger partial charge in [-0.15, -0.1) is 0 Å². The van der Waals surface area contributed by atoms with E-state index in [0.717, 1.165) is 31.7 Å². The topological polar surface area (TPSA) is 34.6 Å². The summed E-state index contributed by atoms with van der Waals surface area (Å²) in [5.41, 5.74) is 5.02. The summed E-state index contributed by atoms with van der Waals surface area (Å²) in [6.07, 6.45) is 5.29. The first kappa shape index (κ1) is 16.3. The average molecular weight is 336 g/mol. The van der Waals surface area contributed by atoms with Crippen molar-refractivity contribution in [1.82, 2.24) is 9.88 Å². The summed E-state index contributed by atoms with van der Waals surface area (Å²) in [6, 6.07) is 13.6. The number of hydrogen-bond donors (Lipinski definition) is 0. The maximum absolute atomic E-state index is 5.83. The van der Waals surface area contributed by atoms with Crippen molar-refractivity contribution in [3.63, 3.8) is 0 Å². The van der Waals surface area contributed by atoms with Crippen molar-refractivity contribution in [1.29, 1.82) is 0 Å². The molecule has 4 rings (SSSR count). The zero-order valence-corrected chi connectivity index (χ0v) is 14.8. The summed E-state index contributed by atoms with van der Waals surface area (Å²) in [5.74, 6) is 0.703. The average Bonchev–Trinajstić information content (AvgIpc) is 2.62. The lowest BCUT2D eigenvalue weighted by molar-refractivity contribution is -0.0402. The number of hydrogen-bond acceptors (Lipinski definition) is 4. The normalized spacial score (nSPS) is 23.2. The fourth-order valence-electron chi connectivity index (χ4n) is 3.87. The van der Waals surface area contributed by atoms with E-state index in [1.807, 2.05) is 13.1 Å². The van der Waals surface area contributed by atoms with E-state index < -0.39 is 0 Å². The Morgan fingerprint density at radius 3 is 2.80 bits per heavy atom. The number of benzene rings is 1. The highest BCUT2D eigenvalue weighted by Crippen LogP contribution is 2.34. The maximum atomic E-state index is 5.83. The van der Waals surface area contributed by atoms with Gasteiger partial charge in [0.1, 0.15) is 0 Å². The van der Waals surface area contributed by atoms with Crippen LogP contribution in [0.4, 0.5) is 0 Å². The molecule has 25 heavy (non-hydrogen) atoms. The van der Waals surface area contributed by atoms with Crippen LogP contribution in [0.2, 0.25) is 0 Å². The quantitative estimate of drug-likeness (QED) is 0.856. The van der Waals surface area contributed by atoms with Gasteiger partial charge in [0.05, 0.1) is 26.4 Å². The molecule has 2 aromatic rings. The summed E-state index contributed by atoms with van der Waals surface area (Å²) >= 11 is 0. The molecule has 3 heterocycles. The predicted molar refractivity (Wildman–Crippen MR) is 98.5 cm³/mol. The van der Waals surface area contributed by atoms with E-state index in [1.165, 1.54) is 16.7 Å². The zero-order chi connectivity index (χ0) is 17.2. The number of aryl methyl sites for hydroxylation is 1. The number of rotatable bonds is 4. The fourth-order valence-corrected chi connectivity index (χ4v) is 3.87. The number of nitrogens with zero attached hydrogens (tertiary/aromatic N) is 2. The Bertz CT molecular complexity index is 773. The molecule has 0 amide bonds. The molecule has 0 aliphatic carbocycles. The second kappa shape index (κ2) is 6.98. The molecule has 1 aromatic carbocycles. The Hall–Kier alpha value is -2.17. The third kappa shape index (κ3) is 3.32. The van der Waals surface area contributed by atoms with Crippen molar-refractivity contribution in [2.75, 3.05) is 20.3 Å². The highest BCUT2D eigenvalue weighted by Gasteiger charge is 2.34. The van der Waals surface area contributed by atoms with Crippen molar-refractivity contribution < 1.29 is 9.47 Å². The van der Waals surface area contributed by atoms with Crippen molar-refractivity contribution >= 4 is 5.57 Å². The van der Waals surface area contributed by atoms with Gasteiger partial charge in [0.2, 0.25) is 5.88 Å². The number of fused-ring (bicyclic) bond motifs is 2. The van der Waals surface area contributed by atoms with E-state index in [0.29, 0.717) is 18.0 Å². The van der Waals surface area contributed by atoms with Crippen LogP contribution in [-0.4, -0.2) is 42.3 Å². The monoisotopic (exact) mass is 336 g/mol. The van der Waals surface area contributed by atoms with Crippen LogP contribution < -0.4 is 4.74 Å². The lowest BCUT2D eigenvalue weighted by Crippen LogP contribution is -2.53. The van der Waals surface area contributed by atoms with Gasteiger partial charge in [0, 0.05) is 24.3 Å². The minimum Gasteiger partial charge on any atom is -0.481 e. The number of pyridine rings is 1. The van der Waals surface area contributed by atoms with E-state index >= 15 is 0 Å². The minimum absolute atomic E-state index is 0.324. The molecule has 2 bridgehead atoms. The first-order valence-electron chi connectivity index (χ1n) is 8.83. The Morgan fingerprint density at radius 1 is 1.24 bits per heavy atom. The van der Waals surface area contributed by atoms with E-state index in [1.54, 1.807) is 7.11 Å². The Morgan fingerprint density at radius 2 is 2.08 bits per heavy atom. The first-order valence-corrected chi connectivity index (χ1v) is 8.83. The molecule has 130 valence electrons. The molecule has 1 aromatic heterocycles. The highest BCUT2D eigenvalue weighted by atomic mass is 16.5. The van der Waals surface area contributed by atoms with Crippen molar-refractivity contribution in [3.8, 4) is 5.88 Å². The molecule has 0 N–H and O–H groups in total. The Balaban J connectivity index is 1.59. The molecule has 4 heteroatoms. The smallest absolute Gasteiger partial charge is 0.215 e. The molecule has 2 atom stereocenters. The van der Waals surface area contributed by atoms with E-state index in [2.05, 4.69) is 52.4 Å². The standard InChI is InChI=1S/C21H24N2O2/c1-15-8-18(11-22-21(15)24-2)17-9-19-13-25-14-20(10-17)23(19)12-16-6-4-3-5-7-16/h3-9,11,19-20H,10,12-14H2,1-2H3. The summed E-state index contributed by atoms with van der Waals surface area (Å²) < 4.78 is 11.1. The maximum Gasteiger partial charge on any atom is 0.215 e. The molecule has 2 aliphatic rings. The van der Waals surface area contributed by atoms with Gasteiger partial charge < -0.3 is 9.47 Å². The van der Waals surface area contributed by atoms with Crippen molar-refractivity contribution in [2.45, 2.75) is 32.0 Å². The molecule has 1 fully saturated rings. The summed E-state index contributed by atoms with van der Waals surface area (Å²) in [4.78, 5) is 7.02. The van der Waals surface area contributed by atoms with Crippen LogP contribution in [0.5, 0.6) is 5.88 Å². The number of ether oxygens (including phenoxy) is 2. The molecule has 2 unspecified atom stereocenters. The van der Waals surface area contributed by atoms with Crippen molar-refractivity contribution in [2.24, 2.45) is 0 Å². The van der Waals surface area contributed by atoms with Crippen LogP contribution in [-0.2, 0) is 11.3 Å². The second-order valence-electron chi connectivity index (χ2n) is 6.86. The third-order valence-corrected chi connectivity index (χ3v) is 5.15. The highest BCUT2D eigenvalue weighted by molar-refractivity contribution is 5.68. The lowest BCUT2D eigenvalue weighted by atomic mass is 9.89. The van der Waals surface area contributed by atoms with Crippen LogP contribution in [0, 0.1) is 6.92 Å². The Kier molecular flexibility index (Phi) is 4.55. The molecule has 0 spiro atoms. The van der Waals surface area contributed by atoms with Gasteiger partial charge in [-0.2, -0.15) is 0 Å². The van der Waals surface area contributed by atoms with Gasteiger partial charge in [-0.3, -0.25) is 4.90 Å². The second-order valence-corrected chi connectivity index (χ2v) is 6.86. The van der Waals surface area contributed by atoms with Gasteiger partial charge in [-0.25, -0.2) is 4.98 Å². The molecular weight excluding hydrogens is 312 g/mol. The van der Waals surface area contributed by atoms with Crippen LogP contribution in [0.1, 0.15) is 23.1 Å². The number of morpholine rings is 1. The summed E-state index contributed by atoms with van der Waals surface area (Å²) in [6.45, 7) is 4.58. The van der Waals surface area contributed by atoms with Gasteiger partial charge in [-0.1, -0.05) is 36.4 Å². The molecule has 1 saturated heterocycles. The fraction of sp³-hybridized carbons (Fsp3) is 0.381. The van der Waals surface area contributed by atoms with E-state index in [4.69, 9.17) is 9.47 Å². The predicted octanol–water partition coefficient (Wildman–Crippen LogP) is 3.46. The van der Waals surface area contributed by atoms with E-state index in [9.17, 15) is 0 Å². The molecule has 2 aliphatic heterocycles. The van der Waals surface area contributed by atoms with Crippen LogP contribution in [0.15, 0.2) is 48.7 Å². The van der Waals surface area contributed by atoms with Crippen molar-refractivity contribution in [3.05, 3.63) is 65.4 Å². The van der Waals surface area contributed by atoms with Crippen LogP contribution >= 0.6 is 0 Å². The number of aromatic nitrogens is 1. The van der Waals surface area contributed by atoms with Gasteiger partial charge >= 0.3 is 0 Å². The largest absolute Gasteiger partial charge is 0.481 e. The Labute approximate surface area is 149 Å². The summed E-state index contributed by atoms with van der Waals surface area (Å²) in [7, 11) is 1.66. The SMILES string of the molecule is COc1ncc(C2=CC3COCC(C2)N3Cc2ccccc2)cc1C. The first-order chi connectivity index (χ1) is 12.2. The summed E-state index contributed by atoms with van der Waals surface area (Å²) in [5, 5.41) is 0. The molecular formula is C21H24N2O2. The lowest BCUT2D eigenvalue weighted by Gasteiger charge is -2.44. The van der Waals surface area contributed by atoms with E-state index in [-0.39, 0.29) is 0 Å². The molecule has 4 nitrogen and oxygen atoms in total. The van der Waals surface area contributed by atoms with Crippen LogP contribution in [0.3, 0.4) is 0 Å². The van der Waals surface area contributed by atoms with Gasteiger partial charge in [0.15, 0.2) is 0 Å². The van der Waals surface area contributed by atoms with Gasteiger partial charge in [0.25, 0.3) is 0 Å². The molecule has 0 radical (unpaired) electrons. The zero-order valence-electron chi connectivity index (χ0n) is 14.8. The molecule has 0 saturated carbocycles. The van der Waals surface area contributed by atoms with Crippen LogP contribution in [0.25, 0.3) is 5.57 Å². The van der Waals surface area contributed by atoms with Gasteiger partial charge in [-0.05, 0) is 36.1 Å².